The molecule has 7 heteroatoms. The number of carbonyl (C=O) groups is 2. The number of aliphatic hydroxyl groups excluding tert-OH is 1. The molecule has 1 fully saturated rings. The zero-order valence-corrected chi connectivity index (χ0v) is 21.3. The highest BCUT2D eigenvalue weighted by atomic mass is 16.5. The smallest absolute Gasteiger partial charge is 0.300 e. The first-order chi connectivity index (χ1) is 18.0. The lowest BCUT2D eigenvalue weighted by atomic mass is 9.95. The highest BCUT2D eigenvalue weighted by Crippen LogP contribution is 2.43. The van der Waals surface area contributed by atoms with E-state index < -0.39 is 17.7 Å². The maximum Gasteiger partial charge on any atom is 0.300 e. The molecule has 0 radical (unpaired) electrons. The van der Waals surface area contributed by atoms with Crippen LogP contribution in [-0.2, 0) is 9.59 Å². The molecule has 1 saturated heterocycles. The second kappa shape index (κ2) is 11.6. The van der Waals surface area contributed by atoms with E-state index in [0.29, 0.717) is 53.9 Å². The predicted octanol–water partition coefficient (Wildman–Crippen LogP) is 5.90. The molecule has 1 N–H and O–H groups in total. The average Bonchev–Trinajstić information content (AvgIpc) is 3.18. The van der Waals surface area contributed by atoms with Crippen LogP contribution in [0, 0.1) is 0 Å². The van der Waals surface area contributed by atoms with Crippen LogP contribution in [0.1, 0.15) is 44.4 Å². The molecule has 1 amide bonds. The summed E-state index contributed by atoms with van der Waals surface area (Å²) < 4.78 is 17.0. The van der Waals surface area contributed by atoms with Crippen molar-refractivity contribution in [2.45, 2.75) is 33.2 Å². The van der Waals surface area contributed by atoms with Gasteiger partial charge >= 0.3 is 0 Å². The van der Waals surface area contributed by atoms with Crippen molar-refractivity contribution >= 4 is 23.1 Å². The Morgan fingerprint density at radius 2 is 1.43 bits per heavy atom. The summed E-state index contributed by atoms with van der Waals surface area (Å²) in [6, 6.07) is 20.2. The molecule has 0 aliphatic carbocycles. The average molecular weight is 502 g/mol. The number of carbonyl (C=O) groups excluding carboxylic acids is 2. The molecule has 0 saturated carbocycles. The lowest BCUT2D eigenvalue weighted by Gasteiger charge is -2.26. The van der Waals surface area contributed by atoms with Gasteiger partial charge in [0, 0.05) is 17.3 Å². The maximum absolute atomic E-state index is 13.5. The Labute approximate surface area is 216 Å². The molecule has 0 spiro atoms. The zero-order valence-electron chi connectivity index (χ0n) is 21.3. The molecule has 3 aromatic carbocycles. The quantitative estimate of drug-likeness (QED) is 0.212. The number of aliphatic hydroxyl groups is 1. The summed E-state index contributed by atoms with van der Waals surface area (Å²) in [5.74, 6) is -0.0328. The van der Waals surface area contributed by atoms with E-state index in [2.05, 4.69) is 0 Å². The van der Waals surface area contributed by atoms with Crippen molar-refractivity contribution in [3.63, 3.8) is 0 Å². The van der Waals surface area contributed by atoms with E-state index in [4.69, 9.17) is 14.2 Å². The number of ether oxygens (including phenoxy) is 3. The molecule has 1 aliphatic rings. The van der Waals surface area contributed by atoms with E-state index in [-0.39, 0.29) is 11.3 Å². The van der Waals surface area contributed by atoms with E-state index in [1.54, 1.807) is 60.7 Å². The Balaban J connectivity index is 1.89. The molecule has 1 heterocycles. The van der Waals surface area contributed by atoms with Crippen LogP contribution in [0.4, 0.5) is 5.69 Å². The Bertz CT molecular complexity index is 1310. The van der Waals surface area contributed by atoms with E-state index in [1.807, 2.05) is 32.9 Å². The molecule has 0 bridgehead atoms. The number of benzene rings is 3. The molecule has 1 atom stereocenters. The SMILES string of the molecule is CCCOc1cccc(/C(O)=C2\C(=O)C(=O)N(c3cccc(OCC)c3)C2c2cccc(OCC)c2)c1. The van der Waals surface area contributed by atoms with Gasteiger partial charge in [0.2, 0.25) is 0 Å². The van der Waals surface area contributed by atoms with E-state index in [1.165, 1.54) is 4.90 Å². The van der Waals surface area contributed by atoms with E-state index in [9.17, 15) is 14.7 Å². The molecule has 7 nitrogen and oxygen atoms in total. The van der Waals surface area contributed by atoms with Crippen LogP contribution in [0.3, 0.4) is 0 Å². The van der Waals surface area contributed by atoms with Crippen molar-refractivity contribution < 1.29 is 28.9 Å². The molecule has 0 aromatic heterocycles. The van der Waals surface area contributed by atoms with Gasteiger partial charge in [-0.05, 0) is 62.2 Å². The van der Waals surface area contributed by atoms with E-state index >= 15 is 0 Å². The van der Waals surface area contributed by atoms with Gasteiger partial charge in [0.05, 0.1) is 31.4 Å². The third-order valence-corrected chi connectivity index (χ3v) is 5.92. The van der Waals surface area contributed by atoms with Gasteiger partial charge in [-0.1, -0.05) is 37.3 Å². The lowest BCUT2D eigenvalue weighted by molar-refractivity contribution is -0.132. The van der Waals surface area contributed by atoms with Crippen molar-refractivity contribution in [2.75, 3.05) is 24.7 Å². The van der Waals surface area contributed by atoms with Crippen molar-refractivity contribution in [2.24, 2.45) is 0 Å². The second-order valence-electron chi connectivity index (χ2n) is 8.48. The normalized spacial score (nSPS) is 16.6. The van der Waals surface area contributed by atoms with Crippen molar-refractivity contribution in [1.29, 1.82) is 0 Å². The molecular formula is C30H31NO6. The minimum atomic E-state index is -0.877. The van der Waals surface area contributed by atoms with Crippen LogP contribution in [0.2, 0.25) is 0 Å². The first kappa shape index (κ1) is 25.8. The first-order valence-electron chi connectivity index (χ1n) is 12.5. The Morgan fingerprint density at radius 3 is 2.11 bits per heavy atom. The zero-order chi connectivity index (χ0) is 26.4. The van der Waals surface area contributed by atoms with Crippen LogP contribution >= 0.6 is 0 Å². The number of hydrogen-bond donors (Lipinski definition) is 1. The highest BCUT2D eigenvalue weighted by Gasteiger charge is 2.47. The molecule has 3 aromatic rings. The van der Waals surface area contributed by atoms with Gasteiger partial charge in [-0.25, -0.2) is 0 Å². The summed E-state index contributed by atoms with van der Waals surface area (Å²) in [6.45, 7) is 7.20. The number of anilines is 1. The van der Waals surface area contributed by atoms with Gasteiger partial charge in [0.25, 0.3) is 11.7 Å². The maximum atomic E-state index is 13.5. The van der Waals surface area contributed by atoms with Crippen LogP contribution in [0.25, 0.3) is 5.76 Å². The molecular weight excluding hydrogens is 470 g/mol. The molecule has 1 unspecified atom stereocenters. The minimum Gasteiger partial charge on any atom is -0.507 e. The monoisotopic (exact) mass is 501 g/mol. The summed E-state index contributed by atoms with van der Waals surface area (Å²) in [7, 11) is 0. The predicted molar refractivity (Wildman–Crippen MR) is 142 cm³/mol. The summed E-state index contributed by atoms with van der Waals surface area (Å²) in [5, 5.41) is 11.4. The number of ketones is 1. The summed E-state index contributed by atoms with van der Waals surface area (Å²) in [4.78, 5) is 28.3. The van der Waals surface area contributed by atoms with Crippen molar-refractivity contribution in [3.05, 3.63) is 89.5 Å². The molecule has 4 rings (SSSR count). The van der Waals surface area contributed by atoms with Gasteiger partial charge in [-0.3, -0.25) is 14.5 Å². The van der Waals surface area contributed by atoms with Crippen LogP contribution in [0.5, 0.6) is 17.2 Å². The lowest BCUT2D eigenvalue weighted by Crippen LogP contribution is -2.29. The van der Waals surface area contributed by atoms with Gasteiger partial charge < -0.3 is 19.3 Å². The standard InChI is InChI=1S/C30H31NO6/c1-4-16-37-24-14-8-11-21(18-24)28(32)26-27(20-10-7-13-23(17-20)35-5-2)31(30(34)29(26)33)22-12-9-15-25(19-22)36-6-3/h7-15,17-19,27,32H,4-6,16H2,1-3H3/b28-26+. The number of Topliss-reactive ketones (excluding diaryl/α,β-unsaturated/α-hetero) is 1. The van der Waals surface area contributed by atoms with Crippen molar-refractivity contribution in [1.82, 2.24) is 0 Å². The molecule has 1 aliphatic heterocycles. The summed E-state index contributed by atoms with van der Waals surface area (Å²) >= 11 is 0. The molecule has 192 valence electrons. The first-order valence-corrected chi connectivity index (χ1v) is 12.5. The van der Waals surface area contributed by atoms with E-state index in [0.717, 1.165) is 6.42 Å². The fourth-order valence-electron chi connectivity index (χ4n) is 4.35. The highest BCUT2D eigenvalue weighted by molar-refractivity contribution is 6.51. The number of nitrogens with zero attached hydrogens (tertiary/aromatic N) is 1. The fraction of sp³-hybridized carbons (Fsp3) is 0.267. The Hall–Kier alpha value is -4.26. The second-order valence-corrected chi connectivity index (χ2v) is 8.48. The number of amides is 1. The fourth-order valence-corrected chi connectivity index (χ4v) is 4.35. The molecule has 37 heavy (non-hydrogen) atoms. The van der Waals surface area contributed by atoms with Gasteiger partial charge in [-0.2, -0.15) is 0 Å². The summed E-state index contributed by atoms with van der Waals surface area (Å²) in [6.07, 6.45) is 0.832. The van der Waals surface area contributed by atoms with Crippen LogP contribution in [-0.4, -0.2) is 36.6 Å². The van der Waals surface area contributed by atoms with Gasteiger partial charge in [-0.15, -0.1) is 0 Å². The van der Waals surface area contributed by atoms with Crippen molar-refractivity contribution in [3.8, 4) is 17.2 Å². The third-order valence-electron chi connectivity index (χ3n) is 5.92. The van der Waals surface area contributed by atoms with Gasteiger partial charge in [0.15, 0.2) is 0 Å². The number of hydrogen-bond acceptors (Lipinski definition) is 6. The van der Waals surface area contributed by atoms with Gasteiger partial charge in [0.1, 0.15) is 23.0 Å². The Kier molecular flexibility index (Phi) is 8.13. The van der Waals surface area contributed by atoms with Crippen LogP contribution in [0.15, 0.2) is 78.4 Å². The Morgan fingerprint density at radius 1 is 0.811 bits per heavy atom. The largest absolute Gasteiger partial charge is 0.507 e. The summed E-state index contributed by atoms with van der Waals surface area (Å²) in [5.41, 5.74) is 1.50. The number of rotatable bonds is 10. The third kappa shape index (κ3) is 5.45. The minimum absolute atomic E-state index is 0.00639. The van der Waals surface area contributed by atoms with Crippen LogP contribution < -0.4 is 19.1 Å². The topological polar surface area (TPSA) is 85.3 Å².